The Morgan fingerprint density at radius 1 is 0.405 bits per heavy atom. The first kappa shape index (κ1) is 36.9. The first-order valence-electron chi connectivity index (χ1n) is 17.3. The fourth-order valence-corrected chi connectivity index (χ4v) is 14.1. The Labute approximate surface area is 235 Å². The van der Waals surface area contributed by atoms with E-state index < -0.39 is 6.60 Å². The maximum absolute atomic E-state index is 12.8. The summed E-state index contributed by atoms with van der Waals surface area (Å²) in [5, 5.41) is 0. The van der Waals surface area contributed by atoms with Crippen molar-refractivity contribution >= 4 is 12.5 Å². The second-order valence-electron chi connectivity index (χ2n) is 12.8. The van der Waals surface area contributed by atoms with E-state index in [2.05, 4.69) is 27.7 Å². The number of amides is 1. The van der Waals surface area contributed by atoms with Gasteiger partial charge in [-0.05, 0) is 0 Å². The number of unbranched alkanes of at least 4 members (excludes halogenated alkanes) is 20. The molecule has 0 spiro atoms. The molecule has 0 bridgehead atoms. The van der Waals surface area contributed by atoms with Crippen molar-refractivity contribution < 1.29 is 4.79 Å². The van der Waals surface area contributed by atoms with Gasteiger partial charge in [0.05, 0.1) is 0 Å². The zero-order valence-electron chi connectivity index (χ0n) is 26.4. The van der Waals surface area contributed by atoms with Crippen LogP contribution in [0.5, 0.6) is 0 Å². The minimum absolute atomic E-state index is 0.0200. The average Bonchev–Trinajstić information content (AvgIpc) is 2.88. The molecule has 0 radical (unpaired) electrons. The zero-order valence-corrected chi connectivity index (χ0v) is 27.3. The van der Waals surface area contributed by atoms with Crippen LogP contribution in [-0.4, -0.2) is 36.7 Å². The summed E-state index contributed by atoms with van der Waals surface area (Å²) >= 11 is 0. The molecule has 2 N–H and O–H groups in total. The third-order valence-electron chi connectivity index (χ3n) is 9.18. The summed E-state index contributed by atoms with van der Waals surface area (Å²) in [6.45, 7) is 7.06. The van der Waals surface area contributed by atoms with Crippen molar-refractivity contribution in [1.29, 1.82) is 0 Å². The number of carbonyl (C=O) groups is 1. The summed E-state index contributed by atoms with van der Waals surface area (Å²) < 4.78 is 0. The summed E-state index contributed by atoms with van der Waals surface area (Å²) in [5.74, 6) is 0.0200. The second-order valence-corrected chi connectivity index (χ2v) is 19.4. The van der Waals surface area contributed by atoms with Gasteiger partial charge in [-0.15, -0.1) is 0 Å². The molecule has 224 valence electrons. The van der Waals surface area contributed by atoms with Crippen LogP contribution >= 0.6 is 6.60 Å². The van der Waals surface area contributed by atoms with Crippen molar-refractivity contribution in [2.75, 3.05) is 30.8 Å². The summed E-state index contributed by atoms with van der Waals surface area (Å²) in [7, 11) is 0. The van der Waals surface area contributed by atoms with Crippen LogP contribution in [0, 0.1) is 0 Å². The Morgan fingerprint density at radius 2 is 0.622 bits per heavy atom. The molecule has 2 nitrogen and oxygen atoms in total. The SMILES string of the molecule is CCCCCCCCP(CCCCCCCC)(CCCCCCCC)(CCCCCCCC)CC(N)=O. The Balaban J connectivity index is 5.57. The molecular weight excluding hydrogens is 469 g/mol. The predicted molar refractivity (Wildman–Crippen MR) is 174 cm³/mol. The van der Waals surface area contributed by atoms with Crippen LogP contribution in [0.4, 0.5) is 0 Å². The van der Waals surface area contributed by atoms with Crippen molar-refractivity contribution in [3.8, 4) is 0 Å². The van der Waals surface area contributed by atoms with E-state index in [1.807, 2.05) is 0 Å². The van der Waals surface area contributed by atoms with Crippen molar-refractivity contribution in [3.63, 3.8) is 0 Å². The minimum atomic E-state index is -2.16. The van der Waals surface area contributed by atoms with Crippen LogP contribution < -0.4 is 5.73 Å². The second kappa shape index (κ2) is 24.9. The molecule has 0 heterocycles. The molecule has 3 heteroatoms. The summed E-state index contributed by atoms with van der Waals surface area (Å²) in [5.41, 5.74) is 6.14. The number of hydrogen-bond donors (Lipinski definition) is 1. The van der Waals surface area contributed by atoms with Crippen molar-refractivity contribution in [1.82, 2.24) is 0 Å². The molecular formula is C34H72NOP. The predicted octanol–water partition coefficient (Wildman–Crippen LogP) is 11.5. The van der Waals surface area contributed by atoms with Crippen LogP contribution in [0.3, 0.4) is 0 Å². The monoisotopic (exact) mass is 542 g/mol. The van der Waals surface area contributed by atoms with Gasteiger partial charge in [-0.2, -0.15) is 0 Å². The quantitative estimate of drug-likeness (QED) is 0.0713. The maximum atomic E-state index is 12.8. The third kappa shape index (κ3) is 19.6. The standard InChI is InChI=1S/C34H72NOP/c1-5-9-13-17-21-25-29-37(33-34(35)36,30-26-22-18-14-10-6-2,31-27-23-19-15-11-7-3)32-28-24-20-16-12-8-4/h5-33H2,1-4H3,(H2,35,36). The van der Waals surface area contributed by atoms with E-state index in [1.165, 1.54) is 179 Å². The van der Waals surface area contributed by atoms with Crippen molar-refractivity contribution in [2.24, 2.45) is 5.73 Å². The molecule has 0 rings (SSSR count). The van der Waals surface area contributed by atoms with Crippen molar-refractivity contribution in [2.45, 2.75) is 182 Å². The van der Waals surface area contributed by atoms with E-state index in [1.54, 1.807) is 0 Å². The molecule has 0 aliphatic carbocycles. The molecule has 0 saturated carbocycles. The van der Waals surface area contributed by atoms with Crippen LogP contribution in [0.25, 0.3) is 0 Å². The molecule has 0 saturated heterocycles. The summed E-state index contributed by atoms with van der Waals surface area (Å²) in [6.07, 6.45) is 38.8. The van der Waals surface area contributed by atoms with Crippen LogP contribution in [0.1, 0.15) is 182 Å². The summed E-state index contributed by atoms with van der Waals surface area (Å²) in [6, 6.07) is 0. The van der Waals surface area contributed by atoms with Gasteiger partial charge in [-0.3, -0.25) is 0 Å². The van der Waals surface area contributed by atoms with Gasteiger partial charge in [0.25, 0.3) is 0 Å². The number of rotatable bonds is 30. The molecule has 0 atom stereocenters. The number of primary amides is 1. The van der Waals surface area contributed by atoms with Gasteiger partial charge in [0.15, 0.2) is 0 Å². The molecule has 37 heavy (non-hydrogen) atoms. The number of nitrogens with two attached hydrogens (primary N) is 1. The summed E-state index contributed by atoms with van der Waals surface area (Å²) in [4.78, 5) is 12.8. The van der Waals surface area contributed by atoms with Gasteiger partial charge < -0.3 is 0 Å². The Bertz CT molecular complexity index is 431. The average molecular weight is 542 g/mol. The number of carbonyl (C=O) groups excluding carboxylic acids is 1. The Kier molecular flexibility index (Phi) is 24.8. The Hall–Kier alpha value is -0.100. The Morgan fingerprint density at radius 3 is 0.838 bits per heavy atom. The van der Waals surface area contributed by atoms with Gasteiger partial charge in [0.1, 0.15) is 0 Å². The molecule has 0 aromatic heterocycles. The van der Waals surface area contributed by atoms with E-state index in [-0.39, 0.29) is 5.91 Å². The van der Waals surface area contributed by atoms with Gasteiger partial charge in [-0.25, -0.2) is 0 Å². The van der Waals surface area contributed by atoms with Crippen LogP contribution in [0.2, 0.25) is 0 Å². The normalized spacial score (nSPS) is 13.0. The van der Waals surface area contributed by atoms with Crippen molar-refractivity contribution in [3.05, 3.63) is 0 Å². The number of hydrogen-bond acceptors (Lipinski definition) is 1. The first-order chi connectivity index (χ1) is 18.0. The van der Waals surface area contributed by atoms with E-state index in [0.29, 0.717) is 0 Å². The van der Waals surface area contributed by atoms with Gasteiger partial charge in [0.2, 0.25) is 0 Å². The van der Waals surface area contributed by atoms with Crippen LogP contribution in [-0.2, 0) is 4.79 Å². The fraction of sp³-hybridized carbons (Fsp3) is 0.971. The molecule has 0 fully saturated rings. The third-order valence-corrected chi connectivity index (χ3v) is 16.7. The van der Waals surface area contributed by atoms with E-state index >= 15 is 0 Å². The molecule has 0 aromatic carbocycles. The fourth-order valence-electron chi connectivity index (χ4n) is 6.79. The van der Waals surface area contributed by atoms with E-state index in [9.17, 15) is 4.79 Å². The molecule has 0 aliphatic heterocycles. The topological polar surface area (TPSA) is 43.1 Å². The van der Waals surface area contributed by atoms with Gasteiger partial charge >= 0.3 is 236 Å². The van der Waals surface area contributed by atoms with Gasteiger partial charge in [0, 0.05) is 0 Å². The van der Waals surface area contributed by atoms with E-state index in [4.69, 9.17) is 5.73 Å². The molecule has 0 aliphatic rings. The molecule has 1 amide bonds. The first-order valence-corrected chi connectivity index (χ1v) is 20.4. The molecule has 0 unspecified atom stereocenters. The van der Waals surface area contributed by atoms with Crippen LogP contribution in [0.15, 0.2) is 0 Å². The zero-order chi connectivity index (χ0) is 27.5. The van der Waals surface area contributed by atoms with Gasteiger partial charge in [-0.1, -0.05) is 0 Å². The van der Waals surface area contributed by atoms with E-state index in [0.717, 1.165) is 6.16 Å². The molecule has 0 aromatic rings.